The number of phenolic OH excluding ortho intramolecular Hbond substituents is 1. The van der Waals surface area contributed by atoms with Crippen molar-refractivity contribution in [3.8, 4) is 5.75 Å². The molecule has 1 aliphatic carbocycles. The normalized spacial score (nSPS) is 15.9. The van der Waals surface area contributed by atoms with Gasteiger partial charge in [-0.1, -0.05) is 76.6 Å². The van der Waals surface area contributed by atoms with Crippen molar-refractivity contribution < 1.29 is 63.0 Å². The number of likely N-dealkylation sites (tertiary alicyclic amines) is 1. The van der Waals surface area contributed by atoms with Crippen LogP contribution in [0.5, 0.6) is 5.75 Å². The van der Waals surface area contributed by atoms with Crippen molar-refractivity contribution in [1.29, 1.82) is 0 Å². The van der Waals surface area contributed by atoms with Gasteiger partial charge >= 0.3 is 5.97 Å². The van der Waals surface area contributed by atoms with E-state index >= 15 is 0 Å². The molecule has 101 heavy (non-hydrogen) atoms. The number of carboxylic acid groups (broad SMARTS) is 1. The minimum absolute atomic E-state index is 0.000229. The number of aliphatic imine (C=N–C) groups is 3. The summed E-state index contributed by atoms with van der Waals surface area (Å²) >= 11 is 0. The van der Waals surface area contributed by atoms with Crippen LogP contribution in [0.1, 0.15) is 135 Å². The Morgan fingerprint density at radius 1 is 0.535 bits per heavy atom. The molecule has 34 heteroatoms. The van der Waals surface area contributed by atoms with Gasteiger partial charge in [0.25, 0.3) is 0 Å². The van der Waals surface area contributed by atoms with E-state index in [0.717, 1.165) is 18.4 Å². The highest BCUT2D eigenvalue weighted by atomic mass is 16.4. The molecule has 1 aliphatic heterocycles. The number of rotatable bonds is 47. The van der Waals surface area contributed by atoms with Crippen molar-refractivity contribution in [1.82, 2.24) is 58.1 Å². The van der Waals surface area contributed by atoms with E-state index in [1.165, 1.54) is 17.0 Å². The smallest absolute Gasteiger partial charge is 0.326 e. The standard InChI is InChI=1S/C67H109N21O13/c1-5-40(4)55(62(98)84-47(20-13-31-77-67(73)74)63(99)88-32-14-21-52(88)61(97)85-48(64(100)101)17-9-10-28-68)87-58(94)46(19-12-30-76-66(71)72)82-57(93)45(18-11-29-75-65(69)70)83-59(95)50(33-39(2)3)86-60(96)51(35-41-15-7-6-8-16-41)81-54(91)38-79-53(90)37-80-56(92)49(78-36-43-22-23-43)34-42-24-26-44(89)27-25-42/h6-8,15-16,24-27,39-40,43,45-52,55,78,89H,5,9-14,17-23,28-38,68H2,1-4H3,(H,79,90)(H,80,92)(H,81,91)(H,82,93)(H,83,95)(H,84,98)(H,85,97)(H,86,96)(H,87,94)(H,100,101)(H4,69,70,75)(H4,71,72,76)(H4,73,74,77). The van der Waals surface area contributed by atoms with Crippen molar-refractivity contribution in [2.75, 3.05) is 52.4 Å². The second kappa shape index (κ2) is 44.3. The van der Waals surface area contributed by atoms with Gasteiger partial charge in [0.2, 0.25) is 59.1 Å². The van der Waals surface area contributed by atoms with E-state index in [9.17, 15) is 63.0 Å². The van der Waals surface area contributed by atoms with Crippen LogP contribution in [0.4, 0.5) is 0 Å². The fourth-order valence-corrected chi connectivity index (χ4v) is 11.2. The van der Waals surface area contributed by atoms with Gasteiger partial charge in [-0.15, -0.1) is 0 Å². The number of amides is 10. The van der Waals surface area contributed by atoms with Gasteiger partial charge in [0, 0.05) is 32.6 Å². The monoisotopic (exact) mass is 1420 g/mol. The first-order valence-corrected chi connectivity index (χ1v) is 34.7. The van der Waals surface area contributed by atoms with Gasteiger partial charge in [-0.05, 0) is 150 Å². The summed E-state index contributed by atoms with van der Waals surface area (Å²) in [5, 5.41) is 47.1. The Kier molecular flexibility index (Phi) is 36.7. The maximum Gasteiger partial charge on any atom is 0.326 e. The van der Waals surface area contributed by atoms with E-state index in [2.05, 4.69) is 68.1 Å². The highest BCUT2D eigenvalue weighted by Crippen LogP contribution is 2.28. The van der Waals surface area contributed by atoms with Crippen molar-refractivity contribution in [2.24, 2.45) is 72.9 Å². The number of unbranched alkanes of at least 4 members (excludes halogenated alkanes) is 1. The van der Waals surface area contributed by atoms with E-state index in [-0.39, 0.29) is 126 Å². The molecule has 0 bridgehead atoms. The zero-order chi connectivity index (χ0) is 74.6. The molecule has 34 nitrogen and oxygen atoms in total. The number of guanidine groups is 3. The topological polar surface area (TPSA) is 571 Å². The summed E-state index contributed by atoms with van der Waals surface area (Å²) in [6.45, 7) is 7.07. The summed E-state index contributed by atoms with van der Waals surface area (Å²) in [6.07, 6.45) is 4.41. The minimum Gasteiger partial charge on any atom is -0.508 e. The zero-order valence-electron chi connectivity index (χ0n) is 58.5. The number of nitrogens with one attached hydrogen (secondary N) is 10. The number of carboxylic acids is 1. The molecule has 0 radical (unpaired) electrons. The molecule has 10 amide bonds. The lowest BCUT2D eigenvalue weighted by molar-refractivity contribution is -0.145. The molecule has 4 rings (SSSR count). The highest BCUT2D eigenvalue weighted by Gasteiger charge is 2.41. The molecule has 2 aliphatic rings. The predicted molar refractivity (Wildman–Crippen MR) is 380 cm³/mol. The Balaban J connectivity index is 1.57. The van der Waals surface area contributed by atoms with Crippen molar-refractivity contribution in [2.45, 2.75) is 191 Å². The fraction of sp³-hybridized carbons (Fsp3) is 0.612. The summed E-state index contributed by atoms with van der Waals surface area (Å²) in [6, 6.07) is 3.91. The van der Waals surface area contributed by atoms with Crippen LogP contribution in [0.2, 0.25) is 0 Å². The maximum atomic E-state index is 14.8. The van der Waals surface area contributed by atoms with E-state index in [4.69, 9.17) is 40.1 Å². The third-order valence-electron chi connectivity index (χ3n) is 17.1. The van der Waals surface area contributed by atoms with Crippen LogP contribution in [-0.4, -0.2) is 205 Å². The second-order valence-corrected chi connectivity index (χ2v) is 26.0. The molecule has 2 aromatic carbocycles. The number of hydrogen-bond acceptors (Lipinski definition) is 17. The Hall–Kier alpha value is -9.86. The van der Waals surface area contributed by atoms with E-state index in [0.29, 0.717) is 50.3 Å². The van der Waals surface area contributed by atoms with Gasteiger partial charge in [0.1, 0.15) is 54.1 Å². The first kappa shape index (κ1) is 83.6. The number of carbonyl (C=O) groups excluding carboxylic acids is 10. The van der Waals surface area contributed by atoms with Crippen LogP contribution in [0, 0.1) is 17.8 Å². The molecule has 0 aromatic heterocycles. The minimum atomic E-state index is -1.44. The van der Waals surface area contributed by atoms with Crippen LogP contribution >= 0.6 is 0 Å². The SMILES string of the molecule is CCC(C)C(NC(=O)C(CCCN=C(N)N)NC(=O)C(CCCN=C(N)N)NC(=O)C(CC(C)C)NC(=O)C(Cc1ccccc1)NC(=O)CNC(=O)CNC(=O)C(Cc1ccc(O)cc1)NCC1CC1)C(=O)NC(CCCN=C(N)N)C(=O)N1CCCC1C(=O)NC(CCCCN)C(=O)O. The molecule has 2 fully saturated rings. The molecule has 560 valence electrons. The number of nitrogens with two attached hydrogens (primary N) is 7. The Morgan fingerprint density at radius 2 is 1.04 bits per heavy atom. The molecule has 1 saturated heterocycles. The van der Waals surface area contributed by atoms with Crippen LogP contribution in [0.15, 0.2) is 69.6 Å². The van der Waals surface area contributed by atoms with Gasteiger partial charge in [-0.2, -0.15) is 0 Å². The summed E-state index contributed by atoms with van der Waals surface area (Å²) < 4.78 is 0. The molecule has 2 aromatic rings. The third kappa shape index (κ3) is 31.9. The van der Waals surface area contributed by atoms with Crippen molar-refractivity contribution >= 4 is 82.9 Å². The Morgan fingerprint density at radius 3 is 1.58 bits per heavy atom. The number of carbonyl (C=O) groups is 11. The number of phenols is 1. The van der Waals surface area contributed by atoms with E-state index < -0.39 is 138 Å². The summed E-state index contributed by atoms with van der Waals surface area (Å²) in [5.74, 6) is -9.70. The fourth-order valence-electron chi connectivity index (χ4n) is 11.2. The number of benzene rings is 2. The molecule has 0 spiro atoms. The lowest BCUT2D eigenvalue weighted by Gasteiger charge is -2.32. The van der Waals surface area contributed by atoms with Gasteiger partial charge in [0.05, 0.1) is 19.1 Å². The molecule has 1 heterocycles. The zero-order valence-corrected chi connectivity index (χ0v) is 58.5. The summed E-state index contributed by atoms with van der Waals surface area (Å²) in [7, 11) is 0. The van der Waals surface area contributed by atoms with E-state index in [1.54, 1.807) is 70.2 Å². The van der Waals surface area contributed by atoms with Gasteiger partial charge in [-0.25, -0.2) is 4.79 Å². The average Bonchev–Trinajstić information content (AvgIpc) is 1.51. The van der Waals surface area contributed by atoms with Crippen LogP contribution in [0.3, 0.4) is 0 Å². The third-order valence-corrected chi connectivity index (χ3v) is 17.1. The van der Waals surface area contributed by atoms with Gasteiger partial charge in [-0.3, -0.25) is 62.9 Å². The van der Waals surface area contributed by atoms with Crippen LogP contribution < -0.4 is 93.3 Å². The second-order valence-electron chi connectivity index (χ2n) is 26.0. The van der Waals surface area contributed by atoms with Crippen molar-refractivity contribution in [3.05, 3.63) is 65.7 Å². The molecular weight excluding hydrogens is 1310 g/mol. The summed E-state index contributed by atoms with van der Waals surface area (Å²) in [5.41, 5.74) is 40.7. The first-order chi connectivity index (χ1) is 48.1. The average molecular weight is 1420 g/mol. The lowest BCUT2D eigenvalue weighted by atomic mass is 9.96. The number of aliphatic carboxylic acids is 1. The Labute approximate surface area is 589 Å². The maximum absolute atomic E-state index is 14.8. The lowest BCUT2D eigenvalue weighted by Crippen LogP contribution is -2.61. The van der Waals surface area contributed by atoms with E-state index in [1.807, 2.05) is 0 Å². The van der Waals surface area contributed by atoms with Gasteiger partial charge < -0.3 is 108 Å². The number of nitrogens with zero attached hydrogens (tertiary/aromatic N) is 4. The molecule has 10 unspecified atom stereocenters. The largest absolute Gasteiger partial charge is 0.508 e. The summed E-state index contributed by atoms with van der Waals surface area (Å²) in [4.78, 5) is 167. The number of aromatic hydroxyl groups is 1. The van der Waals surface area contributed by atoms with Crippen LogP contribution in [0.25, 0.3) is 0 Å². The predicted octanol–water partition coefficient (Wildman–Crippen LogP) is -3.37. The number of hydrogen-bond donors (Lipinski definition) is 19. The molecule has 10 atom stereocenters. The molecular formula is C67H109N21O13. The Bertz CT molecular complexity index is 3120. The highest BCUT2D eigenvalue weighted by molar-refractivity contribution is 5.99. The molecule has 1 saturated carbocycles. The van der Waals surface area contributed by atoms with Gasteiger partial charge in [0.15, 0.2) is 17.9 Å². The molecule has 26 N–H and O–H groups in total. The van der Waals surface area contributed by atoms with Crippen LogP contribution in [-0.2, 0) is 65.6 Å². The first-order valence-electron chi connectivity index (χ1n) is 34.7. The van der Waals surface area contributed by atoms with Crippen molar-refractivity contribution in [3.63, 3.8) is 0 Å². The quantitative estimate of drug-likeness (QED) is 0.0175.